The first-order valence-electron chi connectivity index (χ1n) is 8.93. The number of amides is 1. The van der Waals surface area contributed by atoms with Crippen molar-refractivity contribution in [1.29, 1.82) is 0 Å². The van der Waals surface area contributed by atoms with Gasteiger partial charge in [-0.25, -0.2) is 9.59 Å². The van der Waals surface area contributed by atoms with Crippen molar-refractivity contribution in [2.24, 2.45) is 0 Å². The Morgan fingerprint density at radius 2 is 1.96 bits per heavy atom. The molecule has 1 N–H and O–H groups in total. The maximum Gasteiger partial charge on any atom is 0.410 e. The molecule has 138 valence electrons. The van der Waals surface area contributed by atoms with Crippen molar-refractivity contribution >= 4 is 12.1 Å². The molecule has 1 fully saturated rings. The average molecular weight is 349 g/mol. The van der Waals surface area contributed by atoms with E-state index in [0.29, 0.717) is 13.0 Å². The summed E-state index contributed by atoms with van der Waals surface area (Å²) < 4.78 is 11.0. The summed E-state index contributed by atoms with van der Waals surface area (Å²) in [5.74, 6) is -1.02. The Balaban J connectivity index is 1.82. The van der Waals surface area contributed by atoms with Crippen LogP contribution in [-0.2, 0) is 20.9 Å². The van der Waals surface area contributed by atoms with Crippen LogP contribution >= 0.6 is 0 Å². The lowest BCUT2D eigenvalue weighted by atomic mass is 10.2. The fourth-order valence-corrected chi connectivity index (χ4v) is 2.94. The standard InChI is InChI=1S/C19H27NO5/c1-2-3-4-8-11-24-16-12-17(18(21)22)20(13-16)19(23)25-14-15-9-6-5-7-10-15/h5-7,9-10,16-17H,2-4,8,11-14H2,1H3,(H,21,22)/t16-,17+/m1/s1. The molecule has 25 heavy (non-hydrogen) atoms. The normalized spacial score (nSPS) is 19.8. The van der Waals surface area contributed by atoms with Crippen LogP contribution in [0.25, 0.3) is 0 Å². The Labute approximate surface area is 148 Å². The number of carbonyl (C=O) groups excluding carboxylic acids is 1. The van der Waals surface area contributed by atoms with Gasteiger partial charge in [-0.05, 0) is 12.0 Å². The lowest BCUT2D eigenvalue weighted by molar-refractivity contribution is -0.141. The first-order chi connectivity index (χ1) is 12.1. The fraction of sp³-hybridized carbons (Fsp3) is 0.579. The fourth-order valence-electron chi connectivity index (χ4n) is 2.94. The molecule has 0 aromatic heterocycles. The molecule has 0 bridgehead atoms. The average Bonchev–Trinajstić information content (AvgIpc) is 3.05. The van der Waals surface area contributed by atoms with Crippen LogP contribution < -0.4 is 0 Å². The van der Waals surface area contributed by atoms with Crippen LogP contribution in [0.2, 0.25) is 0 Å². The SMILES string of the molecule is CCCCCCO[C@@H]1C[C@@H](C(=O)O)N(C(=O)OCc2ccccc2)C1. The molecular formula is C19H27NO5. The minimum atomic E-state index is -1.02. The lowest BCUT2D eigenvalue weighted by Gasteiger charge is -2.20. The summed E-state index contributed by atoms with van der Waals surface area (Å²) in [4.78, 5) is 25.0. The number of aliphatic carboxylic acids is 1. The second kappa shape index (κ2) is 10.0. The molecular weight excluding hydrogens is 322 g/mol. The van der Waals surface area contributed by atoms with Crippen LogP contribution in [0.15, 0.2) is 30.3 Å². The van der Waals surface area contributed by atoms with Crippen LogP contribution in [0, 0.1) is 0 Å². The van der Waals surface area contributed by atoms with E-state index in [4.69, 9.17) is 9.47 Å². The Morgan fingerprint density at radius 3 is 2.64 bits per heavy atom. The van der Waals surface area contributed by atoms with Gasteiger partial charge in [0.15, 0.2) is 0 Å². The number of benzene rings is 1. The molecule has 6 heteroatoms. The molecule has 1 amide bonds. The Hall–Kier alpha value is -2.08. The number of unbranched alkanes of at least 4 members (excludes halogenated alkanes) is 3. The molecule has 0 radical (unpaired) electrons. The van der Waals surface area contributed by atoms with Gasteiger partial charge in [0.05, 0.1) is 12.6 Å². The van der Waals surface area contributed by atoms with Gasteiger partial charge >= 0.3 is 12.1 Å². The van der Waals surface area contributed by atoms with E-state index in [1.165, 1.54) is 11.3 Å². The molecule has 2 rings (SSSR count). The van der Waals surface area contributed by atoms with Gasteiger partial charge in [-0.3, -0.25) is 4.90 Å². The molecule has 6 nitrogen and oxygen atoms in total. The quantitative estimate of drug-likeness (QED) is 0.691. The van der Waals surface area contributed by atoms with Crippen molar-refractivity contribution in [3.8, 4) is 0 Å². The molecule has 1 aliphatic heterocycles. The van der Waals surface area contributed by atoms with Crippen molar-refractivity contribution in [2.75, 3.05) is 13.2 Å². The number of rotatable bonds is 9. The molecule has 1 aromatic carbocycles. The Bertz CT molecular complexity index is 548. The summed E-state index contributed by atoms with van der Waals surface area (Å²) in [6, 6.07) is 8.43. The predicted octanol–water partition coefficient (Wildman–Crippen LogP) is 3.45. The summed E-state index contributed by atoms with van der Waals surface area (Å²) >= 11 is 0. The van der Waals surface area contributed by atoms with Gasteiger partial charge in [-0.2, -0.15) is 0 Å². The third-order valence-electron chi connectivity index (χ3n) is 4.34. The summed E-state index contributed by atoms with van der Waals surface area (Å²) in [7, 11) is 0. The van der Waals surface area contributed by atoms with Crippen molar-refractivity contribution in [1.82, 2.24) is 4.90 Å². The number of hydrogen-bond donors (Lipinski definition) is 1. The highest BCUT2D eigenvalue weighted by Gasteiger charge is 2.41. The number of carboxylic acids is 1. The Kier molecular flexibility index (Phi) is 7.73. The predicted molar refractivity (Wildman–Crippen MR) is 93.3 cm³/mol. The number of hydrogen-bond acceptors (Lipinski definition) is 4. The zero-order valence-corrected chi connectivity index (χ0v) is 14.7. The van der Waals surface area contributed by atoms with Crippen molar-refractivity contribution in [3.63, 3.8) is 0 Å². The minimum absolute atomic E-state index is 0.130. The second-order valence-corrected chi connectivity index (χ2v) is 6.34. The molecule has 0 spiro atoms. The highest BCUT2D eigenvalue weighted by atomic mass is 16.6. The molecule has 1 saturated heterocycles. The first kappa shape index (κ1) is 19.2. The van der Waals surface area contributed by atoms with Crippen LogP contribution in [-0.4, -0.2) is 47.4 Å². The third kappa shape index (κ3) is 6.05. The first-order valence-corrected chi connectivity index (χ1v) is 8.93. The highest BCUT2D eigenvalue weighted by molar-refractivity contribution is 5.80. The van der Waals surface area contributed by atoms with Crippen molar-refractivity contribution in [3.05, 3.63) is 35.9 Å². The lowest BCUT2D eigenvalue weighted by Crippen LogP contribution is -2.40. The zero-order valence-electron chi connectivity index (χ0n) is 14.7. The monoisotopic (exact) mass is 349 g/mol. The van der Waals surface area contributed by atoms with E-state index in [9.17, 15) is 14.7 Å². The van der Waals surface area contributed by atoms with Crippen molar-refractivity contribution in [2.45, 2.75) is 57.8 Å². The van der Waals surface area contributed by atoms with Gasteiger partial charge < -0.3 is 14.6 Å². The summed E-state index contributed by atoms with van der Waals surface area (Å²) in [5, 5.41) is 9.37. The number of ether oxygens (including phenoxy) is 2. The molecule has 2 atom stereocenters. The van der Waals surface area contributed by atoms with Crippen LogP contribution in [0.3, 0.4) is 0 Å². The molecule has 1 aromatic rings. The van der Waals surface area contributed by atoms with Crippen LogP contribution in [0.4, 0.5) is 4.79 Å². The van der Waals surface area contributed by atoms with E-state index in [0.717, 1.165) is 24.8 Å². The van der Waals surface area contributed by atoms with Crippen LogP contribution in [0.1, 0.15) is 44.6 Å². The van der Waals surface area contributed by atoms with Gasteiger partial charge in [0, 0.05) is 13.0 Å². The number of likely N-dealkylation sites (tertiary alicyclic amines) is 1. The summed E-state index contributed by atoms with van der Waals surface area (Å²) in [6.45, 7) is 3.14. The number of carboxylic acid groups (broad SMARTS) is 1. The number of nitrogens with zero attached hydrogens (tertiary/aromatic N) is 1. The zero-order chi connectivity index (χ0) is 18.1. The van der Waals surface area contributed by atoms with Gasteiger partial charge in [0.25, 0.3) is 0 Å². The van der Waals surface area contributed by atoms with E-state index in [-0.39, 0.29) is 19.3 Å². The van der Waals surface area contributed by atoms with E-state index >= 15 is 0 Å². The number of carbonyl (C=O) groups is 2. The molecule has 0 saturated carbocycles. The molecule has 1 heterocycles. The minimum Gasteiger partial charge on any atom is -0.480 e. The maximum absolute atomic E-state index is 12.3. The van der Waals surface area contributed by atoms with E-state index in [1.807, 2.05) is 30.3 Å². The molecule has 1 aliphatic rings. The topological polar surface area (TPSA) is 76.1 Å². The largest absolute Gasteiger partial charge is 0.480 e. The van der Waals surface area contributed by atoms with Gasteiger partial charge in [0.2, 0.25) is 0 Å². The van der Waals surface area contributed by atoms with Gasteiger partial charge in [-0.15, -0.1) is 0 Å². The highest BCUT2D eigenvalue weighted by Crippen LogP contribution is 2.22. The van der Waals surface area contributed by atoms with Gasteiger partial charge in [0.1, 0.15) is 12.6 Å². The maximum atomic E-state index is 12.3. The second-order valence-electron chi connectivity index (χ2n) is 6.34. The smallest absolute Gasteiger partial charge is 0.410 e. The summed E-state index contributed by atoms with van der Waals surface area (Å²) in [6.07, 6.45) is 3.86. The van der Waals surface area contributed by atoms with Crippen molar-refractivity contribution < 1.29 is 24.2 Å². The molecule has 0 aliphatic carbocycles. The molecule has 0 unspecified atom stereocenters. The Morgan fingerprint density at radius 1 is 1.20 bits per heavy atom. The van der Waals surface area contributed by atoms with E-state index in [1.54, 1.807) is 0 Å². The summed E-state index contributed by atoms with van der Waals surface area (Å²) in [5.41, 5.74) is 0.866. The van der Waals surface area contributed by atoms with Gasteiger partial charge in [-0.1, -0.05) is 56.5 Å². The van der Waals surface area contributed by atoms with E-state index in [2.05, 4.69) is 6.92 Å². The third-order valence-corrected chi connectivity index (χ3v) is 4.34. The van der Waals surface area contributed by atoms with Crippen LogP contribution in [0.5, 0.6) is 0 Å². The van der Waals surface area contributed by atoms with E-state index < -0.39 is 18.1 Å².